The predicted molar refractivity (Wildman–Crippen MR) is 51.2 cm³/mol. The molecule has 0 bridgehead atoms. The van der Waals surface area contributed by atoms with E-state index in [9.17, 15) is 9.18 Å². The molecule has 76 valence electrons. The number of hydrogen-bond acceptors (Lipinski definition) is 2. The number of rotatable bonds is 2. The molecule has 3 heteroatoms. The first-order chi connectivity index (χ1) is 6.42. The van der Waals surface area contributed by atoms with Crippen molar-refractivity contribution in [2.24, 2.45) is 0 Å². The van der Waals surface area contributed by atoms with Crippen LogP contribution in [-0.2, 0) is 15.1 Å². The van der Waals surface area contributed by atoms with E-state index in [0.717, 1.165) is 0 Å². The lowest BCUT2D eigenvalue weighted by molar-refractivity contribution is -0.154. The minimum Gasteiger partial charge on any atom is -0.455 e. The van der Waals surface area contributed by atoms with E-state index in [-0.39, 0.29) is 11.8 Å². The molecule has 0 radical (unpaired) electrons. The summed E-state index contributed by atoms with van der Waals surface area (Å²) < 4.78 is 18.0. The first-order valence-electron chi connectivity index (χ1n) is 4.37. The smallest absolute Gasteiger partial charge is 0.303 e. The zero-order valence-electron chi connectivity index (χ0n) is 8.50. The highest BCUT2D eigenvalue weighted by Crippen LogP contribution is 2.25. The summed E-state index contributed by atoms with van der Waals surface area (Å²) in [5.41, 5.74) is -0.138. The summed E-state index contributed by atoms with van der Waals surface area (Å²) >= 11 is 0. The van der Waals surface area contributed by atoms with E-state index in [1.807, 2.05) is 0 Å². The summed E-state index contributed by atoms with van der Waals surface area (Å²) in [7, 11) is 0. The van der Waals surface area contributed by atoms with Crippen molar-refractivity contribution in [3.8, 4) is 0 Å². The minimum atomic E-state index is -0.784. The Labute approximate surface area is 82.7 Å². The van der Waals surface area contributed by atoms with E-state index < -0.39 is 5.60 Å². The highest BCUT2D eigenvalue weighted by atomic mass is 19.1. The molecule has 0 aliphatic heterocycles. The zero-order valence-corrected chi connectivity index (χ0v) is 8.50. The average molecular weight is 196 g/mol. The Morgan fingerprint density at radius 3 is 2.57 bits per heavy atom. The number of benzene rings is 1. The lowest BCUT2D eigenvalue weighted by atomic mass is 9.98. The third-order valence-corrected chi connectivity index (χ3v) is 1.92. The third-order valence-electron chi connectivity index (χ3n) is 1.92. The number of esters is 1. The molecule has 0 fully saturated rings. The second kappa shape index (κ2) is 3.78. The normalized spacial score (nSPS) is 11.1. The van der Waals surface area contributed by atoms with Crippen LogP contribution >= 0.6 is 0 Å². The highest BCUT2D eigenvalue weighted by Gasteiger charge is 2.23. The van der Waals surface area contributed by atoms with Crippen LogP contribution < -0.4 is 0 Å². The van der Waals surface area contributed by atoms with Gasteiger partial charge in [-0.1, -0.05) is 12.1 Å². The summed E-state index contributed by atoms with van der Waals surface area (Å²) in [5.74, 6) is -0.706. The summed E-state index contributed by atoms with van der Waals surface area (Å²) in [6.45, 7) is 4.79. The Kier molecular flexibility index (Phi) is 2.89. The van der Waals surface area contributed by atoms with Crippen LogP contribution in [0, 0.1) is 5.82 Å². The van der Waals surface area contributed by atoms with Crippen LogP contribution in [0.5, 0.6) is 0 Å². The molecule has 0 aromatic heterocycles. The zero-order chi connectivity index (χ0) is 10.8. The first-order valence-corrected chi connectivity index (χ1v) is 4.37. The summed E-state index contributed by atoms with van der Waals surface area (Å²) in [4.78, 5) is 10.8. The van der Waals surface area contributed by atoms with Crippen LogP contribution in [-0.4, -0.2) is 5.97 Å². The maximum absolute atomic E-state index is 12.9. The van der Waals surface area contributed by atoms with Crippen LogP contribution in [0.3, 0.4) is 0 Å². The molecule has 0 spiro atoms. The van der Waals surface area contributed by atoms with E-state index >= 15 is 0 Å². The molecule has 0 aliphatic carbocycles. The molecule has 0 amide bonds. The summed E-state index contributed by atoms with van der Waals surface area (Å²) in [6.07, 6.45) is 0. The van der Waals surface area contributed by atoms with Crippen molar-refractivity contribution < 1.29 is 13.9 Å². The van der Waals surface area contributed by atoms with Crippen molar-refractivity contribution >= 4 is 5.97 Å². The molecule has 2 nitrogen and oxygen atoms in total. The fraction of sp³-hybridized carbons (Fsp3) is 0.364. The molecule has 0 heterocycles. The maximum Gasteiger partial charge on any atom is 0.303 e. The van der Waals surface area contributed by atoms with Crippen LogP contribution in [0.4, 0.5) is 4.39 Å². The van der Waals surface area contributed by atoms with E-state index in [2.05, 4.69) is 0 Å². The first kappa shape index (κ1) is 10.7. The van der Waals surface area contributed by atoms with Gasteiger partial charge in [-0.25, -0.2) is 4.39 Å². The molecule has 0 unspecified atom stereocenters. The molecule has 14 heavy (non-hydrogen) atoms. The predicted octanol–water partition coefficient (Wildman–Crippen LogP) is 2.62. The Bertz CT molecular complexity index is 345. The molecule has 0 saturated carbocycles. The Balaban J connectivity index is 2.97. The lowest BCUT2D eigenvalue weighted by Gasteiger charge is -2.24. The second-order valence-corrected chi connectivity index (χ2v) is 3.61. The van der Waals surface area contributed by atoms with Gasteiger partial charge in [0.25, 0.3) is 0 Å². The fourth-order valence-corrected chi connectivity index (χ4v) is 1.28. The van der Waals surface area contributed by atoms with Crippen LogP contribution in [0.15, 0.2) is 24.3 Å². The summed E-state index contributed by atoms with van der Waals surface area (Å²) in [6, 6.07) is 6.04. The van der Waals surface area contributed by atoms with E-state index in [0.29, 0.717) is 5.56 Å². The molecule has 0 atom stereocenters. The van der Waals surface area contributed by atoms with Crippen molar-refractivity contribution in [3.63, 3.8) is 0 Å². The lowest BCUT2D eigenvalue weighted by Crippen LogP contribution is -2.24. The van der Waals surface area contributed by atoms with Gasteiger partial charge in [0.05, 0.1) is 0 Å². The molecule has 0 N–H and O–H groups in total. The van der Waals surface area contributed by atoms with Crippen molar-refractivity contribution in [1.82, 2.24) is 0 Å². The van der Waals surface area contributed by atoms with E-state index in [4.69, 9.17) is 4.74 Å². The van der Waals surface area contributed by atoms with Crippen molar-refractivity contribution in [2.45, 2.75) is 26.4 Å². The van der Waals surface area contributed by atoms with Crippen LogP contribution in [0.2, 0.25) is 0 Å². The largest absolute Gasteiger partial charge is 0.455 e. The van der Waals surface area contributed by atoms with Gasteiger partial charge in [0.1, 0.15) is 11.4 Å². The Morgan fingerprint density at radius 2 is 2.07 bits per heavy atom. The average Bonchev–Trinajstić information content (AvgIpc) is 2.01. The van der Waals surface area contributed by atoms with Gasteiger partial charge >= 0.3 is 5.97 Å². The molecule has 0 saturated heterocycles. The minimum absolute atomic E-state index is 0.331. The molecular formula is C11H13FO2. The van der Waals surface area contributed by atoms with Gasteiger partial charge < -0.3 is 4.74 Å². The van der Waals surface area contributed by atoms with Gasteiger partial charge in [-0.05, 0) is 31.5 Å². The molecule has 1 aromatic carbocycles. The summed E-state index contributed by atoms with van der Waals surface area (Å²) in [5, 5.41) is 0. The standard InChI is InChI=1S/C11H13FO2/c1-8(13)14-11(2,3)9-5-4-6-10(12)7-9/h4-7H,1-3H3. The van der Waals surface area contributed by atoms with Crippen molar-refractivity contribution in [2.75, 3.05) is 0 Å². The van der Waals surface area contributed by atoms with Gasteiger partial charge in [-0.3, -0.25) is 4.79 Å². The number of halogens is 1. The van der Waals surface area contributed by atoms with Crippen LogP contribution in [0.25, 0.3) is 0 Å². The molecule has 1 aromatic rings. The number of carbonyl (C=O) groups is 1. The van der Waals surface area contributed by atoms with Gasteiger partial charge in [-0.2, -0.15) is 0 Å². The van der Waals surface area contributed by atoms with E-state index in [1.54, 1.807) is 26.0 Å². The number of carbonyl (C=O) groups excluding carboxylic acids is 1. The van der Waals surface area contributed by atoms with Gasteiger partial charge in [0.15, 0.2) is 0 Å². The fourth-order valence-electron chi connectivity index (χ4n) is 1.28. The second-order valence-electron chi connectivity index (χ2n) is 3.61. The highest BCUT2D eigenvalue weighted by molar-refractivity contribution is 5.66. The maximum atomic E-state index is 12.9. The van der Waals surface area contributed by atoms with E-state index in [1.165, 1.54) is 19.1 Å². The van der Waals surface area contributed by atoms with Crippen molar-refractivity contribution in [3.05, 3.63) is 35.6 Å². The molecular weight excluding hydrogens is 183 g/mol. The quantitative estimate of drug-likeness (QED) is 0.679. The monoisotopic (exact) mass is 196 g/mol. The van der Waals surface area contributed by atoms with Gasteiger partial charge in [0, 0.05) is 6.92 Å². The number of hydrogen-bond donors (Lipinski definition) is 0. The van der Waals surface area contributed by atoms with Gasteiger partial charge in [-0.15, -0.1) is 0 Å². The Morgan fingerprint density at radius 1 is 1.43 bits per heavy atom. The van der Waals surface area contributed by atoms with Gasteiger partial charge in [0.2, 0.25) is 0 Å². The molecule has 0 aliphatic rings. The molecule has 1 rings (SSSR count). The number of ether oxygens (including phenoxy) is 1. The SMILES string of the molecule is CC(=O)OC(C)(C)c1cccc(F)c1. The van der Waals surface area contributed by atoms with Crippen molar-refractivity contribution in [1.29, 1.82) is 0 Å². The third kappa shape index (κ3) is 2.55. The van der Waals surface area contributed by atoms with Crippen LogP contribution in [0.1, 0.15) is 26.3 Å². The Hall–Kier alpha value is -1.38. The topological polar surface area (TPSA) is 26.3 Å².